The summed E-state index contributed by atoms with van der Waals surface area (Å²) < 4.78 is 142. The second kappa shape index (κ2) is 10.8. The third-order valence-corrected chi connectivity index (χ3v) is 6.14. The van der Waals surface area contributed by atoms with Crippen LogP contribution in [0.25, 0.3) is 0 Å². The Kier molecular flexibility index (Phi) is 8.96. The van der Waals surface area contributed by atoms with Crippen molar-refractivity contribution in [3.05, 3.63) is 63.7 Å². The van der Waals surface area contributed by atoms with Crippen molar-refractivity contribution >= 4 is 33.0 Å². The quantitative estimate of drug-likeness (QED) is 0.375. The normalized spacial score (nSPS) is 14.6. The summed E-state index contributed by atoms with van der Waals surface area (Å²) in [6, 6.07) is 2.50. The van der Waals surface area contributed by atoms with Gasteiger partial charge in [0, 0.05) is 23.5 Å². The molecular formula is C21H18ClF9N2O4S. The number of carbonyl (C=O) groups excluding carboxylic acids is 1. The average molecular weight is 601 g/mol. The maximum atomic E-state index is 13.8. The van der Waals surface area contributed by atoms with Gasteiger partial charge in [-0.15, -0.1) is 0 Å². The Bertz CT molecular complexity index is 1260. The van der Waals surface area contributed by atoms with Gasteiger partial charge in [0.15, 0.2) is 9.84 Å². The summed E-state index contributed by atoms with van der Waals surface area (Å²) in [6.45, 7) is -1.87. The average Bonchev–Trinajstić information content (AvgIpc) is 2.73. The number of aliphatic hydroxyl groups is 1. The summed E-state index contributed by atoms with van der Waals surface area (Å²) in [6.07, 6.45) is -15.8. The minimum Gasteiger partial charge on any atom is -0.381 e. The zero-order valence-electron chi connectivity index (χ0n) is 18.9. The molecule has 0 radical (unpaired) electrons. The van der Waals surface area contributed by atoms with E-state index in [-0.39, 0.29) is 41.0 Å². The number of hydrogen-bond acceptors (Lipinski definition) is 5. The lowest BCUT2D eigenvalue weighted by Crippen LogP contribution is -2.48. The monoisotopic (exact) mass is 600 g/mol. The number of alkyl halides is 9. The van der Waals surface area contributed by atoms with Gasteiger partial charge in [-0.25, -0.2) is 8.42 Å². The molecule has 3 N–H and O–H groups in total. The maximum Gasteiger partial charge on any atom is 0.423 e. The van der Waals surface area contributed by atoms with E-state index >= 15 is 0 Å². The highest BCUT2D eigenvalue weighted by molar-refractivity contribution is 7.91. The SMILES string of the molecule is CS(=O)(=O)CC(=O)NCc1ccc(NC[C@@](O)(c2cc(C(F)(F)F)cc(C(F)(F)F)c2)C(F)(F)F)cc1Cl. The molecule has 0 aliphatic carbocycles. The van der Waals surface area contributed by atoms with Gasteiger partial charge in [0.2, 0.25) is 11.5 Å². The minimum absolute atomic E-state index is 0.149. The molecule has 0 aliphatic rings. The first kappa shape index (κ1) is 31.5. The summed E-state index contributed by atoms with van der Waals surface area (Å²) in [4.78, 5) is 11.6. The number of amides is 1. The van der Waals surface area contributed by atoms with Gasteiger partial charge in [-0.2, -0.15) is 39.5 Å². The van der Waals surface area contributed by atoms with Gasteiger partial charge in [-0.3, -0.25) is 4.79 Å². The number of nitrogens with one attached hydrogen (secondary N) is 2. The van der Waals surface area contributed by atoms with Gasteiger partial charge >= 0.3 is 18.5 Å². The van der Waals surface area contributed by atoms with E-state index < -0.39 is 68.9 Å². The van der Waals surface area contributed by atoms with E-state index in [1.165, 1.54) is 6.07 Å². The van der Waals surface area contributed by atoms with Gasteiger partial charge in [0.1, 0.15) is 5.75 Å². The van der Waals surface area contributed by atoms with Gasteiger partial charge < -0.3 is 15.7 Å². The Morgan fingerprint density at radius 2 is 1.39 bits per heavy atom. The fraction of sp³-hybridized carbons (Fsp3) is 0.381. The van der Waals surface area contributed by atoms with Crippen LogP contribution in [0.15, 0.2) is 36.4 Å². The predicted molar refractivity (Wildman–Crippen MR) is 118 cm³/mol. The second-order valence-corrected chi connectivity index (χ2v) is 10.7. The van der Waals surface area contributed by atoms with Crippen molar-refractivity contribution in [2.75, 3.05) is 23.9 Å². The number of anilines is 1. The molecule has 212 valence electrons. The summed E-state index contributed by atoms with van der Waals surface area (Å²) >= 11 is 6.00. The van der Waals surface area contributed by atoms with Crippen LogP contribution < -0.4 is 10.6 Å². The molecule has 2 aromatic carbocycles. The van der Waals surface area contributed by atoms with Crippen LogP contribution in [0.1, 0.15) is 22.3 Å². The number of halogens is 10. The van der Waals surface area contributed by atoms with E-state index in [0.717, 1.165) is 18.4 Å². The van der Waals surface area contributed by atoms with Crippen molar-refractivity contribution in [2.24, 2.45) is 0 Å². The smallest absolute Gasteiger partial charge is 0.381 e. The zero-order valence-corrected chi connectivity index (χ0v) is 20.5. The van der Waals surface area contributed by atoms with Crippen LogP contribution in [0, 0.1) is 0 Å². The summed E-state index contributed by atoms with van der Waals surface area (Å²) in [5.41, 5.74) is -10.0. The number of sulfone groups is 1. The molecule has 2 aromatic rings. The highest BCUT2D eigenvalue weighted by Gasteiger charge is 2.56. The lowest BCUT2D eigenvalue weighted by molar-refractivity contribution is -0.261. The van der Waals surface area contributed by atoms with Crippen LogP contribution in [0.5, 0.6) is 0 Å². The molecule has 17 heteroatoms. The van der Waals surface area contributed by atoms with Crippen LogP contribution in [0.3, 0.4) is 0 Å². The van der Waals surface area contributed by atoms with Crippen LogP contribution >= 0.6 is 11.6 Å². The van der Waals surface area contributed by atoms with E-state index in [1.807, 2.05) is 0 Å². The highest BCUT2D eigenvalue weighted by atomic mass is 35.5. The largest absolute Gasteiger partial charge is 0.423 e. The molecular weight excluding hydrogens is 583 g/mol. The molecule has 0 fully saturated rings. The molecule has 2 rings (SSSR count). The molecule has 6 nitrogen and oxygen atoms in total. The molecule has 0 spiro atoms. The number of carbonyl (C=O) groups is 1. The summed E-state index contributed by atoms with van der Waals surface area (Å²) in [7, 11) is -3.62. The summed E-state index contributed by atoms with van der Waals surface area (Å²) in [5, 5.41) is 14.6. The molecule has 0 saturated heterocycles. The van der Waals surface area contributed by atoms with Crippen LogP contribution in [-0.4, -0.2) is 44.2 Å². The molecule has 0 unspecified atom stereocenters. The molecule has 38 heavy (non-hydrogen) atoms. The molecule has 0 heterocycles. The first-order valence-electron chi connectivity index (χ1n) is 10.1. The lowest BCUT2D eigenvalue weighted by Gasteiger charge is -2.32. The summed E-state index contributed by atoms with van der Waals surface area (Å²) in [5.74, 6) is -1.67. The standard InChI is InChI=1S/C21H18ClF9N2O4S/c1-38(36,37)9-17(34)32-8-11-2-3-15(7-16(11)22)33-10-18(35,21(29,30)31)12-4-13(19(23,24)25)6-14(5-12)20(26,27)28/h2-7,33,35H,8-10H2,1H3,(H,32,34)/t18-/m1/s1. The van der Waals surface area contributed by atoms with Crippen molar-refractivity contribution in [3.8, 4) is 0 Å². The van der Waals surface area contributed by atoms with Crippen molar-refractivity contribution in [3.63, 3.8) is 0 Å². The molecule has 1 amide bonds. The number of benzene rings is 2. The van der Waals surface area contributed by atoms with Crippen molar-refractivity contribution in [1.29, 1.82) is 0 Å². The Morgan fingerprint density at radius 1 is 0.895 bits per heavy atom. The molecule has 1 atom stereocenters. The molecule has 0 saturated carbocycles. The molecule has 0 aromatic heterocycles. The maximum absolute atomic E-state index is 13.8. The van der Waals surface area contributed by atoms with Gasteiger partial charge in [-0.1, -0.05) is 17.7 Å². The van der Waals surface area contributed by atoms with E-state index in [9.17, 15) is 57.8 Å². The zero-order chi connectivity index (χ0) is 29.3. The van der Waals surface area contributed by atoms with Crippen LogP contribution in [0.4, 0.5) is 45.2 Å². The first-order chi connectivity index (χ1) is 17.0. The Balaban J connectivity index is 2.35. The second-order valence-electron chi connectivity index (χ2n) is 8.16. The van der Waals surface area contributed by atoms with E-state index in [1.54, 1.807) is 0 Å². The first-order valence-corrected chi connectivity index (χ1v) is 12.5. The van der Waals surface area contributed by atoms with Crippen molar-refractivity contribution in [1.82, 2.24) is 5.32 Å². The van der Waals surface area contributed by atoms with Crippen molar-refractivity contribution in [2.45, 2.75) is 30.7 Å². The fourth-order valence-electron chi connectivity index (χ4n) is 3.07. The van der Waals surface area contributed by atoms with Gasteiger partial charge in [-0.05, 0) is 41.5 Å². The Labute approximate surface area is 214 Å². The Morgan fingerprint density at radius 3 is 1.82 bits per heavy atom. The topological polar surface area (TPSA) is 95.5 Å². The number of rotatable bonds is 8. The van der Waals surface area contributed by atoms with Gasteiger partial charge in [0.05, 0.1) is 17.7 Å². The highest BCUT2D eigenvalue weighted by Crippen LogP contribution is 2.44. The molecule has 0 aliphatic heterocycles. The predicted octanol–water partition coefficient (Wildman–Crippen LogP) is 4.90. The third-order valence-electron chi connectivity index (χ3n) is 5.00. The fourth-order valence-corrected chi connectivity index (χ4v) is 3.90. The van der Waals surface area contributed by atoms with Crippen molar-refractivity contribution < 1.29 is 57.8 Å². The third kappa shape index (κ3) is 8.14. The van der Waals surface area contributed by atoms with E-state index in [2.05, 4.69) is 10.6 Å². The minimum atomic E-state index is -5.72. The molecule has 0 bridgehead atoms. The van der Waals surface area contributed by atoms with E-state index in [4.69, 9.17) is 11.6 Å². The lowest BCUT2D eigenvalue weighted by atomic mass is 9.89. The van der Waals surface area contributed by atoms with Gasteiger partial charge in [0.25, 0.3) is 0 Å². The van der Waals surface area contributed by atoms with Crippen LogP contribution in [-0.2, 0) is 39.1 Å². The Hall–Kier alpha value is -2.72. The van der Waals surface area contributed by atoms with Crippen LogP contribution in [0.2, 0.25) is 5.02 Å². The number of hydrogen-bond donors (Lipinski definition) is 3. The van der Waals surface area contributed by atoms with E-state index in [0.29, 0.717) is 0 Å².